The van der Waals surface area contributed by atoms with Crippen LogP contribution < -0.4 is 0 Å². The van der Waals surface area contributed by atoms with E-state index in [0.29, 0.717) is 13.0 Å². The topological polar surface area (TPSA) is 26.3 Å². The molecule has 0 aromatic heterocycles. The fraction of sp³-hybridized carbons (Fsp3) is 0.462. The maximum Gasteiger partial charge on any atom is 0.306 e. The minimum absolute atomic E-state index is 0.107. The van der Waals surface area contributed by atoms with Crippen LogP contribution >= 0.6 is 15.9 Å². The van der Waals surface area contributed by atoms with Gasteiger partial charge in [-0.05, 0) is 24.5 Å². The Bertz CT molecular complexity index is 336. The van der Waals surface area contributed by atoms with Crippen molar-refractivity contribution in [1.82, 2.24) is 0 Å². The second-order valence-electron chi connectivity index (χ2n) is 3.67. The highest BCUT2D eigenvalue weighted by Crippen LogP contribution is 2.17. The molecule has 0 saturated carbocycles. The van der Waals surface area contributed by atoms with Crippen LogP contribution in [0.2, 0.25) is 0 Å². The van der Waals surface area contributed by atoms with Crippen LogP contribution in [0.5, 0.6) is 0 Å². The molecule has 0 bridgehead atoms. The van der Waals surface area contributed by atoms with Crippen molar-refractivity contribution in [2.24, 2.45) is 0 Å². The Hall–Kier alpha value is -0.830. The number of rotatable bonds is 6. The number of ether oxygens (including phenoxy) is 1. The number of halogens is 1. The normalized spacial score (nSPS) is 10.1. The average molecular weight is 285 g/mol. The van der Waals surface area contributed by atoms with E-state index in [-0.39, 0.29) is 5.97 Å². The maximum absolute atomic E-state index is 11.4. The summed E-state index contributed by atoms with van der Waals surface area (Å²) in [5, 5.41) is 0. The summed E-state index contributed by atoms with van der Waals surface area (Å²) in [5.74, 6) is -0.107. The number of carbonyl (C=O) groups is 1. The van der Waals surface area contributed by atoms with Gasteiger partial charge in [0.15, 0.2) is 0 Å². The smallest absolute Gasteiger partial charge is 0.306 e. The summed E-state index contributed by atoms with van der Waals surface area (Å²) in [7, 11) is 0. The van der Waals surface area contributed by atoms with E-state index in [4.69, 9.17) is 4.74 Å². The Morgan fingerprint density at radius 1 is 1.38 bits per heavy atom. The highest BCUT2D eigenvalue weighted by Gasteiger charge is 2.05. The SMILES string of the molecule is CCCCOC(=O)CCc1ccccc1Br. The van der Waals surface area contributed by atoms with Gasteiger partial charge in [0.2, 0.25) is 0 Å². The van der Waals surface area contributed by atoms with E-state index in [1.165, 1.54) is 0 Å². The first-order valence-electron chi connectivity index (χ1n) is 5.63. The highest BCUT2D eigenvalue weighted by atomic mass is 79.9. The first-order chi connectivity index (χ1) is 7.74. The van der Waals surface area contributed by atoms with Gasteiger partial charge < -0.3 is 4.74 Å². The molecule has 0 spiro atoms. The lowest BCUT2D eigenvalue weighted by molar-refractivity contribution is -0.143. The van der Waals surface area contributed by atoms with E-state index in [1.54, 1.807) is 0 Å². The first-order valence-corrected chi connectivity index (χ1v) is 6.42. The van der Waals surface area contributed by atoms with Crippen LogP contribution in [-0.4, -0.2) is 12.6 Å². The summed E-state index contributed by atoms with van der Waals surface area (Å²) in [5.41, 5.74) is 1.15. The van der Waals surface area contributed by atoms with Gasteiger partial charge in [0.25, 0.3) is 0 Å². The zero-order valence-corrected chi connectivity index (χ0v) is 11.1. The van der Waals surface area contributed by atoms with Crippen LogP contribution in [-0.2, 0) is 16.0 Å². The van der Waals surface area contributed by atoms with E-state index in [1.807, 2.05) is 24.3 Å². The third-order valence-corrected chi connectivity index (χ3v) is 3.09. The molecule has 0 radical (unpaired) electrons. The molecule has 0 saturated heterocycles. The summed E-state index contributed by atoms with van der Waals surface area (Å²) in [4.78, 5) is 11.4. The molecule has 88 valence electrons. The number of benzene rings is 1. The van der Waals surface area contributed by atoms with Gasteiger partial charge in [0.05, 0.1) is 6.61 Å². The molecule has 0 amide bonds. The highest BCUT2D eigenvalue weighted by molar-refractivity contribution is 9.10. The van der Waals surface area contributed by atoms with E-state index in [0.717, 1.165) is 29.3 Å². The average Bonchev–Trinajstić information content (AvgIpc) is 2.28. The minimum atomic E-state index is -0.107. The van der Waals surface area contributed by atoms with E-state index < -0.39 is 0 Å². The Labute approximate surface area is 105 Å². The molecule has 0 atom stereocenters. The van der Waals surface area contributed by atoms with Crippen LogP contribution in [0.3, 0.4) is 0 Å². The lowest BCUT2D eigenvalue weighted by atomic mass is 10.1. The molecule has 1 rings (SSSR count). The molecular formula is C13H17BrO2. The van der Waals surface area contributed by atoms with Gasteiger partial charge in [-0.25, -0.2) is 0 Å². The molecule has 1 aromatic rings. The van der Waals surface area contributed by atoms with Crippen LogP contribution in [0.15, 0.2) is 28.7 Å². The van der Waals surface area contributed by atoms with Crippen molar-refractivity contribution in [1.29, 1.82) is 0 Å². The van der Waals surface area contributed by atoms with Crippen LogP contribution in [0, 0.1) is 0 Å². The van der Waals surface area contributed by atoms with Crippen LogP contribution in [0.25, 0.3) is 0 Å². The Morgan fingerprint density at radius 3 is 2.81 bits per heavy atom. The van der Waals surface area contributed by atoms with Crippen molar-refractivity contribution >= 4 is 21.9 Å². The number of aryl methyl sites for hydroxylation is 1. The molecule has 0 N–H and O–H groups in total. The van der Waals surface area contributed by atoms with Gasteiger partial charge >= 0.3 is 5.97 Å². The first kappa shape index (κ1) is 13.2. The predicted octanol–water partition coefficient (Wildman–Crippen LogP) is 3.73. The Kier molecular flexibility index (Phi) is 6.16. The summed E-state index contributed by atoms with van der Waals surface area (Å²) < 4.78 is 6.14. The van der Waals surface area contributed by atoms with Crippen molar-refractivity contribution in [2.75, 3.05) is 6.61 Å². The van der Waals surface area contributed by atoms with E-state index >= 15 is 0 Å². The second-order valence-corrected chi connectivity index (χ2v) is 4.52. The van der Waals surface area contributed by atoms with Crippen LogP contribution in [0.1, 0.15) is 31.7 Å². The molecule has 0 aliphatic rings. The molecular weight excluding hydrogens is 268 g/mol. The molecule has 16 heavy (non-hydrogen) atoms. The third kappa shape index (κ3) is 4.79. The van der Waals surface area contributed by atoms with Gasteiger partial charge in [0.1, 0.15) is 0 Å². The van der Waals surface area contributed by atoms with Crippen molar-refractivity contribution in [2.45, 2.75) is 32.6 Å². The van der Waals surface area contributed by atoms with E-state index in [9.17, 15) is 4.79 Å². The molecule has 3 heteroatoms. The number of esters is 1. The second kappa shape index (κ2) is 7.44. The van der Waals surface area contributed by atoms with Crippen LogP contribution in [0.4, 0.5) is 0 Å². The number of hydrogen-bond donors (Lipinski definition) is 0. The van der Waals surface area contributed by atoms with Crippen molar-refractivity contribution in [3.05, 3.63) is 34.3 Å². The predicted molar refractivity (Wildman–Crippen MR) is 68.3 cm³/mol. The Morgan fingerprint density at radius 2 is 2.12 bits per heavy atom. The van der Waals surface area contributed by atoms with Gasteiger partial charge in [0, 0.05) is 10.9 Å². The fourth-order valence-corrected chi connectivity index (χ4v) is 1.82. The van der Waals surface area contributed by atoms with E-state index in [2.05, 4.69) is 22.9 Å². The van der Waals surface area contributed by atoms with Crippen molar-refractivity contribution in [3.8, 4) is 0 Å². The lowest BCUT2D eigenvalue weighted by Crippen LogP contribution is -2.07. The van der Waals surface area contributed by atoms with Gasteiger partial charge in [-0.2, -0.15) is 0 Å². The van der Waals surface area contributed by atoms with Crippen molar-refractivity contribution in [3.63, 3.8) is 0 Å². The summed E-state index contributed by atoms with van der Waals surface area (Å²) in [6, 6.07) is 7.94. The molecule has 2 nitrogen and oxygen atoms in total. The van der Waals surface area contributed by atoms with Gasteiger partial charge in [-0.15, -0.1) is 0 Å². The molecule has 0 aliphatic heterocycles. The maximum atomic E-state index is 11.4. The summed E-state index contributed by atoms with van der Waals surface area (Å²) in [6.07, 6.45) is 3.18. The third-order valence-electron chi connectivity index (χ3n) is 2.32. The molecule has 0 fully saturated rings. The fourth-order valence-electron chi connectivity index (χ4n) is 1.34. The quantitative estimate of drug-likeness (QED) is 0.588. The zero-order chi connectivity index (χ0) is 11.8. The molecule has 1 aromatic carbocycles. The monoisotopic (exact) mass is 284 g/mol. The Balaban J connectivity index is 2.29. The molecule has 0 heterocycles. The summed E-state index contributed by atoms with van der Waals surface area (Å²) >= 11 is 3.46. The lowest BCUT2D eigenvalue weighted by Gasteiger charge is -2.05. The van der Waals surface area contributed by atoms with Crippen molar-refractivity contribution < 1.29 is 9.53 Å². The summed E-state index contributed by atoms with van der Waals surface area (Å²) in [6.45, 7) is 2.63. The standard InChI is InChI=1S/C13H17BrO2/c1-2-3-10-16-13(15)9-8-11-6-4-5-7-12(11)14/h4-7H,2-3,8-10H2,1H3. The number of carbonyl (C=O) groups excluding carboxylic acids is 1. The van der Waals surface area contributed by atoms with Gasteiger partial charge in [-0.3, -0.25) is 4.79 Å². The number of hydrogen-bond acceptors (Lipinski definition) is 2. The molecule has 0 unspecified atom stereocenters. The molecule has 0 aliphatic carbocycles. The van der Waals surface area contributed by atoms with Gasteiger partial charge in [-0.1, -0.05) is 47.5 Å². The largest absolute Gasteiger partial charge is 0.466 e. The minimum Gasteiger partial charge on any atom is -0.466 e. The number of unbranched alkanes of at least 4 members (excludes halogenated alkanes) is 1. The zero-order valence-electron chi connectivity index (χ0n) is 9.54.